The van der Waals surface area contributed by atoms with E-state index in [1.54, 1.807) is 0 Å². The lowest BCUT2D eigenvalue weighted by Gasteiger charge is -2.31. The van der Waals surface area contributed by atoms with Crippen LogP contribution in [0.2, 0.25) is 0 Å². The Hall–Kier alpha value is -0.650. The third-order valence-corrected chi connectivity index (χ3v) is 3.69. The average Bonchev–Trinajstić information content (AvgIpc) is 2.86. The summed E-state index contributed by atoms with van der Waals surface area (Å²) in [6, 6.07) is 0. The van der Waals surface area contributed by atoms with Gasteiger partial charge in [0.05, 0.1) is 6.54 Å². The molecule has 0 aromatic carbocycles. The number of aromatic nitrogens is 2. The van der Waals surface area contributed by atoms with Crippen molar-refractivity contribution in [3.8, 4) is 0 Å². The third kappa shape index (κ3) is 5.09. The quantitative estimate of drug-likeness (QED) is 0.866. The van der Waals surface area contributed by atoms with Crippen LogP contribution in [0.15, 0.2) is 4.52 Å². The van der Waals surface area contributed by atoms with Gasteiger partial charge in [-0.2, -0.15) is 4.98 Å². The summed E-state index contributed by atoms with van der Waals surface area (Å²) < 4.78 is 5.13. The topological polar surface area (TPSA) is 54.2 Å². The van der Waals surface area contributed by atoms with Crippen LogP contribution in [-0.2, 0) is 13.0 Å². The van der Waals surface area contributed by atoms with Crippen LogP contribution in [0.5, 0.6) is 0 Å². The number of nitrogens with one attached hydrogen (secondary N) is 1. The smallest absolute Gasteiger partial charge is 0.226 e. The Bertz CT molecular complexity index is 350. The van der Waals surface area contributed by atoms with Gasteiger partial charge in [0.1, 0.15) is 0 Å². The largest absolute Gasteiger partial charge is 0.339 e. The maximum atomic E-state index is 5.13. The van der Waals surface area contributed by atoms with E-state index in [-0.39, 0.29) is 12.4 Å². The van der Waals surface area contributed by atoms with Gasteiger partial charge in [-0.1, -0.05) is 12.1 Å². The minimum atomic E-state index is 0. The molecular formula is C13H25ClN4O. The maximum Gasteiger partial charge on any atom is 0.226 e. The van der Waals surface area contributed by atoms with Crippen molar-refractivity contribution in [3.63, 3.8) is 0 Å². The van der Waals surface area contributed by atoms with E-state index in [4.69, 9.17) is 4.52 Å². The van der Waals surface area contributed by atoms with Crippen LogP contribution in [0.3, 0.4) is 0 Å². The molecule has 1 aliphatic rings. The van der Waals surface area contributed by atoms with Gasteiger partial charge >= 0.3 is 0 Å². The molecule has 0 bridgehead atoms. The fourth-order valence-electron chi connectivity index (χ4n) is 2.48. The first-order valence-corrected chi connectivity index (χ1v) is 7.00. The molecule has 0 atom stereocenters. The molecule has 1 N–H and O–H groups in total. The van der Waals surface area contributed by atoms with E-state index in [1.165, 1.54) is 19.3 Å². The molecule has 1 aromatic heterocycles. The minimum Gasteiger partial charge on any atom is -0.339 e. The predicted octanol–water partition coefficient (Wildman–Crippen LogP) is 1.88. The summed E-state index contributed by atoms with van der Waals surface area (Å²) in [5.74, 6) is 2.46. The zero-order valence-corrected chi connectivity index (χ0v) is 12.7. The normalized spacial score (nSPS) is 17.4. The van der Waals surface area contributed by atoms with E-state index in [9.17, 15) is 0 Å². The summed E-state index contributed by atoms with van der Waals surface area (Å²) in [5, 5.41) is 7.24. The van der Waals surface area contributed by atoms with E-state index in [1.807, 2.05) is 14.0 Å². The second-order valence-electron chi connectivity index (χ2n) is 5.07. The van der Waals surface area contributed by atoms with Crippen LogP contribution in [0.25, 0.3) is 0 Å². The Morgan fingerprint density at radius 2 is 2.11 bits per heavy atom. The van der Waals surface area contributed by atoms with Gasteiger partial charge in [-0.05, 0) is 51.9 Å². The highest BCUT2D eigenvalue weighted by atomic mass is 35.5. The molecule has 1 saturated heterocycles. The van der Waals surface area contributed by atoms with Gasteiger partial charge in [-0.3, -0.25) is 4.90 Å². The van der Waals surface area contributed by atoms with Gasteiger partial charge in [0.15, 0.2) is 5.82 Å². The molecule has 1 aromatic rings. The van der Waals surface area contributed by atoms with Crippen molar-refractivity contribution in [3.05, 3.63) is 11.7 Å². The second kappa shape index (κ2) is 8.51. The number of piperidine rings is 1. The molecule has 0 aliphatic carbocycles. The van der Waals surface area contributed by atoms with Crippen LogP contribution in [0, 0.1) is 5.92 Å². The number of halogens is 1. The van der Waals surface area contributed by atoms with Crippen molar-refractivity contribution in [2.75, 3.05) is 26.7 Å². The number of hydrogen-bond acceptors (Lipinski definition) is 5. The van der Waals surface area contributed by atoms with Crippen molar-refractivity contribution in [2.24, 2.45) is 5.92 Å². The average molecular weight is 289 g/mol. The van der Waals surface area contributed by atoms with Gasteiger partial charge in [-0.15, -0.1) is 12.4 Å². The first-order valence-electron chi connectivity index (χ1n) is 7.00. The highest BCUT2D eigenvalue weighted by Gasteiger charge is 2.20. The molecule has 0 saturated carbocycles. The lowest BCUT2D eigenvalue weighted by molar-refractivity contribution is 0.167. The van der Waals surface area contributed by atoms with E-state index in [0.717, 1.165) is 50.2 Å². The third-order valence-electron chi connectivity index (χ3n) is 3.69. The highest BCUT2D eigenvalue weighted by Crippen LogP contribution is 2.20. The van der Waals surface area contributed by atoms with Gasteiger partial charge < -0.3 is 9.84 Å². The molecular weight excluding hydrogens is 264 g/mol. The fraction of sp³-hybridized carbons (Fsp3) is 0.846. The van der Waals surface area contributed by atoms with E-state index >= 15 is 0 Å². The Morgan fingerprint density at radius 3 is 2.68 bits per heavy atom. The van der Waals surface area contributed by atoms with Gasteiger partial charge in [0, 0.05) is 6.42 Å². The summed E-state index contributed by atoms with van der Waals surface area (Å²) >= 11 is 0. The molecule has 1 fully saturated rings. The van der Waals surface area contributed by atoms with E-state index in [2.05, 4.69) is 20.4 Å². The van der Waals surface area contributed by atoms with Gasteiger partial charge in [-0.25, -0.2) is 0 Å². The summed E-state index contributed by atoms with van der Waals surface area (Å²) in [5.41, 5.74) is 0. The van der Waals surface area contributed by atoms with E-state index in [0.29, 0.717) is 0 Å². The van der Waals surface area contributed by atoms with Crippen molar-refractivity contribution in [1.82, 2.24) is 20.4 Å². The summed E-state index contributed by atoms with van der Waals surface area (Å²) in [7, 11) is 2.02. The fourth-order valence-corrected chi connectivity index (χ4v) is 2.48. The predicted molar refractivity (Wildman–Crippen MR) is 77.5 cm³/mol. The Morgan fingerprint density at radius 1 is 1.37 bits per heavy atom. The molecule has 2 rings (SSSR count). The highest BCUT2D eigenvalue weighted by molar-refractivity contribution is 5.85. The van der Waals surface area contributed by atoms with Crippen molar-refractivity contribution in [1.29, 1.82) is 0 Å². The molecule has 2 heterocycles. The van der Waals surface area contributed by atoms with Crippen LogP contribution in [0.1, 0.15) is 37.9 Å². The van der Waals surface area contributed by atoms with Crippen molar-refractivity contribution < 1.29 is 4.52 Å². The number of likely N-dealkylation sites (tertiary alicyclic amines) is 1. The lowest BCUT2D eigenvalue weighted by Crippen LogP contribution is -2.34. The molecule has 19 heavy (non-hydrogen) atoms. The molecule has 0 radical (unpaired) electrons. The summed E-state index contributed by atoms with van der Waals surface area (Å²) in [6.45, 7) is 6.32. The Labute approximate surface area is 121 Å². The summed E-state index contributed by atoms with van der Waals surface area (Å²) in [6.07, 6.45) is 4.70. The minimum absolute atomic E-state index is 0. The van der Waals surface area contributed by atoms with E-state index < -0.39 is 0 Å². The molecule has 6 heteroatoms. The van der Waals surface area contributed by atoms with Crippen LogP contribution < -0.4 is 5.32 Å². The molecule has 0 spiro atoms. The lowest BCUT2D eigenvalue weighted by atomic mass is 9.93. The zero-order valence-electron chi connectivity index (χ0n) is 11.9. The molecule has 0 unspecified atom stereocenters. The second-order valence-corrected chi connectivity index (χ2v) is 5.07. The number of nitrogens with zero attached hydrogens (tertiary/aromatic N) is 3. The van der Waals surface area contributed by atoms with Gasteiger partial charge in [0.25, 0.3) is 0 Å². The summed E-state index contributed by atoms with van der Waals surface area (Å²) in [4.78, 5) is 6.79. The van der Waals surface area contributed by atoms with Gasteiger partial charge in [0.2, 0.25) is 5.89 Å². The standard InChI is InChI=1S/C13H24N4O.ClH/c1-3-13-15-12(16-18-13)10-17-8-5-11(6-9-17)4-7-14-2;/h11,14H,3-10H2,1-2H3;1H. The van der Waals surface area contributed by atoms with Crippen LogP contribution >= 0.6 is 12.4 Å². The molecule has 110 valence electrons. The Kier molecular flexibility index (Phi) is 7.34. The van der Waals surface area contributed by atoms with Crippen molar-refractivity contribution in [2.45, 2.75) is 39.2 Å². The first kappa shape index (κ1) is 16.4. The first-order chi connectivity index (χ1) is 8.81. The number of rotatable bonds is 6. The maximum absolute atomic E-state index is 5.13. The van der Waals surface area contributed by atoms with Crippen molar-refractivity contribution >= 4 is 12.4 Å². The molecule has 1 aliphatic heterocycles. The monoisotopic (exact) mass is 288 g/mol. The number of hydrogen-bond donors (Lipinski definition) is 1. The molecule has 5 nitrogen and oxygen atoms in total. The number of aryl methyl sites for hydroxylation is 1. The van der Waals surface area contributed by atoms with Crippen LogP contribution in [0.4, 0.5) is 0 Å². The molecule has 0 amide bonds. The zero-order chi connectivity index (χ0) is 12.8. The SMILES string of the molecule is CCc1nc(CN2CCC(CCNC)CC2)no1.Cl. The van der Waals surface area contributed by atoms with Crippen LogP contribution in [-0.4, -0.2) is 41.7 Å². The Balaban J connectivity index is 0.00000180.